The number of ether oxygens (including phenoxy) is 1. The van der Waals surface area contributed by atoms with Crippen LogP contribution < -0.4 is 4.74 Å². The van der Waals surface area contributed by atoms with Gasteiger partial charge >= 0.3 is 0 Å². The van der Waals surface area contributed by atoms with Crippen molar-refractivity contribution in [3.8, 4) is 5.75 Å². The van der Waals surface area contributed by atoms with E-state index in [2.05, 4.69) is 49.9 Å². The number of hydrogen-bond donors (Lipinski definition) is 1. The number of aliphatic hydroxyl groups excluding tert-OH is 1. The molecule has 0 radical (unpaired) electrons. The lowest BCUT2D eigenvalue weighted by Gasteiger charge is -2.41. The maximum atomic E-state index is 9.69. The van der Waals surface area contributed by atoms with Gasteiger partial charge in [-0.1, -0.05) is 18.2 Å². The van der Waals surface area contributed by atoms with Gasteiger partial charge in [-0.25, -0.2) is 0 Å². The third-order valence-electron chi connectivity index (χ3n) is 4.40. The molecule has 0 spiro atoms. The number of hydrogen-bond acceptors (Lipinski definition) is 4. The van der Waals surface area contributed by atoms with Gasteiger partial charge in [-0.3, -0.25) is 4.90 Å². The Morgan fingerprint density at radius 2 is 2.05 bits per heavy atom. The first-order valence-corrected chi connectivity index (χ1v) is 8.25. The van der Waals surface area contributed by atoms with Gasteiger partial charge in [-0.15, -0.1) is 0 Å². The Bertz CT molecular complexity index is 462. The Hall–Kier alpha value is -1.10. The zero-order chi connectivity index (χ0) is 16.1. The Kier molecular flexibility index (Phi) is 6.24. The molecule has 2 atom stereocenters. The monoisotopic (exact) mass is 306 g/mol. The van der Waals surface area contributed by atoms with Gasteiger partial charge in [0.2, 0.25) is 0 Å². The maximum absolute atomic E-state index is 9.69. The van der Waals surface area contributed by atoms with E-state index in [9.17, 15) is 5.11 Å². The van der Waals surface area contributed by atoms with Crippen molar-refractivity contribution in [2.24, 2.45) is 5.92 Å². The maximum Gasteiger partial charge on any atom is 0.124 e. The van der Waals surface area contributed by atoms with E-state index >= 15 is 0 Å². The van der Waals surface area contributed by atoms with Crippen LogP contribution in [0.1, 0.15) is 25.8 Å². The molecule has 1 aromatic carbocycles. The third-order valence-corrected chi connectivity index (χ3v) is 4.40. The molecule has 0 amide bonds. The molecule has 1 saturated heterocycles. The molecule has 1 N–H and O–H groups in total. The summed E-state index contributed by atoms with van der Waals surface area (Å²) in [5, 5.41) is 9.69. The topological polar surface area (TPSA) is 35.9 Å². The molecular formula is C18H30N2O2. The largest absolute Gasteiger partial charge is 0.491 e. The summed E-state index contributed by atoms with van der Waals surface area (Å²) in [6.45, 7) is 7.26. The number of rotatable bonds is 6. The van der Waals surface area contributed by atoms with E-state index in [4.69, 9.17) is 4.74 Å². The zero-order valence-electron chi connectivity index (χ0n) is 14.3. The number of likely N-dealkylation sites (tertiary alicyclic amines) is 1. The third kappa shape index (κ3) is 4.45. The first kappa shape index (κ1) is 17.3. The highest BCUT2D eigenvalue weighted by molar-refractivity contribution is 5.33. The van der Waals surface area contributed by atoms with Gasteiger partial charge in [0, 0.05) is 43.8 Å². The van der Waals surface area contributed by atoms with Crippen LogP contribution in [-0.4, -0.2) is 60.8 Å². The summed E-state index contributed by atoms with van der Waals surface area (Å²) in [5.74, 6) is 1.30. The van der Waals surface area contributed by atoms with Crippen molar-refractivity contribution in [2.45, 2.75) is 39.0 Å². The van der Waals surface area contributed by atoms with Crippen molar-refractivity contribution in [2.75, 3.05) is 33.8 Å². The molecule has 0 saturated carbocycles. The molecule has 1 fully saturated rings. The Labute approximate surface area is 134 Å². The second kappa shape index (κ2) is 7.95. The number of piperidine rings is 1. The molecule has 1 aliphatic heterocycles. The van der Waals surface area contributed by atoms with Crippen LogP contribution in [0.3, 0.4) is 0 Å². The molecule has 0 bridgehead atoms. The average Bonchev–Trinajstić information content (AvgIpc) is 2.48. The molecule has 4 nitrogen and oxygen atoms in total. The summed E-state index contributed by atoms with van der Waals surface area (Å²) in [6.07, 6.45) is 1.29. The molecule has 1 aromatic rings. The van der Waals surface area contributed by atoms with Crippen molar-refractivity contribution < 1.29 is 9.84 Å². The van der Waals surface area contributed by atoms with Crippen molar-refractivity contribution in [1.29, 1.82) is 0 Å². The molecule has 22 heavy (non-hydrogen) atoms. The predicted molar refractivity (Wildman–Crippen MR) is 90.2 cm³/mol. The average molecular weight is 306 g/mol. The van der Waals surface area contributed by atoms with Crippen LogP contribution in [0.25, 0.3) is 0 Å². The second-order valence-electron chi connectivity index (χ2n) is 6.77. The lowest BCUT2D eigenvalue weighted by atomic mass is 9.91. The summed E-state index contributed by atoms with van der Waals surface area (Å²) < 4.78 is 5.92. The van der Waals surface area contributed by atoms with E-state index in [1.807, 2.05) is 12.1 Å². The lowest BCUT2D eigenvalue weighted by molar-refractivity contribution is 0.0449. The summed E-state index contributed by atoms with van der Waals surface area (Å²) in [7, 11) is 4.21. The van der Waals surface area contributed by atoms with Gasteiger partial charge in [-0.2, -0.15) is 0 Å². The standard InChI is InChI=1S/C18H30N2O2/c1-14(2)22-18-8-6-5-7-15(18)11-20-10-9-17(19(3)4)16(12-20)13-21/h5-8,14,16-17,21H,9-13H2,1-4H3/t16-,17-/m1/s1. The highest BCUT2D eigenvalue weighted by Gasteiger charge is 2.30. The van der Waals surface area contributed by atoms with Gasteiger partial charge in [-0.05, 0) is 40.4 Å². The van der Waals surface area contributed by atoms with E-state index in [1.54, 1.807) is 0 Å². The number of para-hydroxylation sites is 1. The van der Waals surface area contributed by atoms with Gasteiger partial charge in [0.15, 0.2) is 0 Å². The number of nitrogens with zero attached hydrogens (tertiary/aromatic N) is 2. The van der Waals surface area contributed by atoms with Crippen LogP contribution in [0.2, 0.25) is 0 Å². The Balaban J connectivity index is 2.03. The molecule has 124 valence electrons. The molecule has 4 heteroatoms. The smallest absolute Gasteiger partial charge is 0.124 e. The molecule has 0 unspecified atom stereocenters. The minimum Gasteiger partial charge on any atom is -0.491 e. The Morgan fingerprint density at radius 1 is 1.32 bits per heavy atom. The van der Waals surface area contributed by atoms with Crippen LogP contribution in [-0.2, 0) is 6.54 Å². The zero-order valence-corrected chi connectivity index (χ0v) is 14.3. The van der Waals surface area contributed by atoms with Crippen molar-refractivity contribution in [3.63, 3.8) is 0 Å². The highest BCUT2D eigenvalue weighted by atomic mass is 16.5. The SMILES string of the molecule is CC(C)Oc1ccccc1CN1CC[C@@H](N(C)C)[C@@H](CO)C1. The summed E-state index contributed by atoms with van der Waals surface area (Å²) in [6, 6.07) is 8.76. The first-order valence-electron chi connectivity index (χ1n) is 8.25. The fraction of sp³-hybridized carbons (Fsp3) is 0.667. The predicted octanol–water partition coefficient (Wildman–Crippen LogP) is 2.22. The first-order chi connectivity index (χ1) is 10.5. The molecular weight excluding hydrogens is 276 g/mol. The van der Waals surface area contributed by atoms with Gasteiger partial charge in [0.05, 0.1) is 6.10 Å². The van der Waals surface area contributed by atoms with Crippen LogP contribution >= 0.6 is 0 Å². The van der Waals surface area contributed by atoms with Gasteiger partial charge in [0.25, 0.3) is 0 Å². The molecule has 2 rings (SSSR count). The van der Waals surface area contributed by atoms with Crippen LogP contribution in [0, 0.1) is 5.92 Å². The van der Waals surface area contributed by atoms with E-state index in [1.165, 1.54) is 5.56 Å². The second-order valence-corrected chi connectivity index (χ2v) is 6.77. The molecule has 1 heterocycles. The van der Waals surface area contributed by atoms with Crippen LogP contribution in [0.15, 0.2) is 24.3 Å². The summed E-state index contributed by atoms with van der Waals surface area (Å²) in [5.41, 5.74) is 1.23. The van der Waals surface area contributed by atoms with E-state index in [0.717, 1.165) is 31.8 Å². The molecule has 0 aromatic heterocycles. The van der Waals surface area contributed by atoms with Crippen molar-refractivity contribution in [1.82, 2.24) is 9.80 Å². The molecule has 0 aliphatic carbocycles. The summed E-state index contributed by atoms with van der Waals surface area (Å²) in [4.78, 5) is 4.68. The minimum atomic E-state index is 0.186. The number of benzene rings is 1. The lowest BCUT2D eigenvalue weighted by Crippen LogP contribution is -2.49. The van der Waals surface area contributed by atoms with E-state index in [-0.39, 0.29) is 12.7 Å². The van der Waals surface area contributed by atoms with Gasteiger partial charge in [0.1, 0.15) is 5.75 Å². The normalized spacial score (nSPS) is 23.2. The van der Waals surface area contributed by atoms with Crippen LogP contribution in [0.5, 0.6) is 5.75 Å². The molecule has 1 aliphatic rings. The van der Waals surface area contributed by atoms with Crippen molar-refractivity contribution >= 4 is 0 Å². The highest BCUT2D eigenvalue weighted by Crippen LogP contribution is 2.25. The summed E-state index contributed by atoms with van der Waals surface area (Å²) >= 11 is 0. The van der Waals surface area contributed by atoms with Gasteiger partial charge < -0.3 is 14.7 Å². The van der Waals surface area contributed by atoms with Crippen LogP contribution in [0.4, 0.5) is 0 Å². The number of aliphatic hydroxyl groups is 1. The minimum absolute atomic E-state index is 0.186. The quantitative estimate of drug-likeness (QED) is 0.874. The Morgan fingerprint density at radius 3 is 2.68 bits per heavy atom. The van der Waals surface area contributed by atoms with Crippen molar-refractivity contribution in [3.05, 3.63) is 29.8 Å². The fourth-order valence-corrected chi connectivity index (χ4v) is 3.34. The van der Waals surface area contributed by atoms with E-state index in [0.29, 0.717) is 12.0 Å². The fourth-order valence-electron chi connectivity index (χ4n) is 3.34. The van der Waals surface area contributed by atoms with E-state index < -0.39 is 0 Å².